The first-order chi connectivity index (χ1) is 8.18. The fraction of sp³-hybridized carbons (Fsp3) is 0.538. The molecule has 0 spiro atoms. The van der Waals surface area contributed by atoms with Gasteiger partial charge >= 0.3 is 0 Å². The van der Waals surface area contributed by atoms with Crippen molar-refractivity contribution in [2.75, 3.05) is 13.2 Å². The molecule has 0 saturated carbocycles. The number of hydrogen-bond donors (Lipinski definition) is 1. The number of halogens is 1. The minimum Gasteiger partial charge on any atom is -0.326 e. The normalized spacial score (nSPS) is 21.1. The lowest BCUT2D eigenvalue weighted by atomic mass is 10.0. The van der Waals surface area contributed by atoms with E-state index in [0.717, 1.165) is 24.0 Å². The molecule has 0 amide bonds. The van der Waals surface area contributed by atoms with Crippen LogP contribution in [0.3, 0.4) is 0 Å². The van der Waals surface area contributed by atoms with Crippen LogP contribution in [-0.2, 0) is 4.84 Å². The third-order valence-electron chi connectivity index (χ3n) is 3.05. The molecule has 2 rings (SSSR count). The molecular weight excluding hydrogens is 280 g/mol. The van der Waals surface area contributed by atoms with Gasteiger partial charge in [-0.15, -0.1) is 0 Å². The van der Waals surface area contributed by atoms with Gasteiger partial charge in [-0.2, -0.15) is 5.06 Å². The van der Waals surface area contributed by atoms with Gasteiger partial charge in [0.2, 0.25) is 0 Å². The predicted molar refractivity (Wildman–Crippen MR) is 72.4 cm³/mol. The van der Waals surface area contributed by atoms with Gasteiger partial charge in [0.05, 0.1) is 12.6 Å². The fourth-order valence-corrected chi connectivity index (χ4v) is 2.49. The van der Waals surface area contributed by atoms with E-state index in [-0.39, 0.29) is 12.1 Å². The molecule has 1 aliphatic heterocycles. The van der Waals surface area contributed by atoms with Crippen molar-refractivity contribution < 1.29 is 4.84 Å². The molecule has 1 fully saturated rings. The molecule has 1 saturated heterocycles. The van der Waals surface area contributed by atoms with Crippen LogP contribution in [0.4, 0.5) is 0 Å². The summed E-state index contributed by atoms with van der Waals surface area (Å²) in [4.78, 5) is 5.73. The lowest BCUT2D eigenvalue weighted by Gasteiger charge is -2.36. The number of hydrogen-bond acceptors (Lipinski definition) is 3. The van der Waals surface area contributed by atoms with Gasteiger partial charge in [0, 0.05) is 17.1 Å². The molecule has 1 aliphatic rings. The van der Waals surface area contributed by atoms with Crippen molar-refractivity contribution in [3.63, 3.8) is 0 Å². The average molecular weight is 299 g/mol. The summed E-state index contributed by atoms with van der Waals surface area (Å²) in [6.45, 7) is 3.80. The molecule has 2 N–H and O–H groups in total. The van der Waals surface area contributed by atoms with Gasteiger partial charge in [-0.25, -0.2) is 0 Å². The molecule has 0 radical (unpaired) electrons. The molecule has 1 aromatic carbocycles. The van der Waals surface area contributed by atoms with Gasteiger partial charge < -0.3 is 5.73 Å². The van der Waals surface area contributed by atoms with Crippen molar-refractivity contribution in [3.05, 3.63) is 34.3 Å². The van der Waals surface area contributed by atoms with E-state index in [2.05, 4.69) is 40.2 Å². The van der Waals surface area contributed by atoms with Crippen LogP contribution in [0.2, 0.25) is 0 Å². The predicted octanol–water partition coefficient (Wildman–Crippen LogP) is 2.86. The second kappa shape index (κ2) is 5.96. The molecule has 3 nitrogen and oxygen atoms in total. The van der Waals surface area contributed by atoms with Gasteiger partial charge in [0.15, 0.2) is 0 Å². The van der Waals surface area contributed by atoms with Crippen molar-refractivity contribution in [3.8, 4) is 0 Å². The van der Waals surface area contributed by atoms with Crippen molar-refractivity contribution in [2.24, 2.45) is 5.73 Å². The van der Waals surface area contributed by atoms with Crippen LogP contribution in [0, 0.1) is 0 Å². The standard InChI is InChI=1S/C13H19BrN2O/c1-10(15)13(16-8-2-3-9-17-16)11-4-6-12(14)7-5-11/h4-7,10,13H,2-3,8-9,15H2,1H3. The van der Waals surface area contributed by atoms with Crippen LogP contribution in [0.5, 0.6) is 0 Å². The van der Waals surface area contributed by atoms with Crippen molar-refractivity contribution in [1.82, 2.24) is 5.06 Å². The molecule has 94 valence electrons. The maximum absolute atomic E-state index is 6.10. The first-order valence-corrected chi connectivity index (χ1v) is 6.88. The third-order valence-corrected chi connectivity index (χ3v) is 3.58. The van der Waals surface area contributed by atoms with E-state index in [4.69, 9.17) is 10.6 Å². The summed E-state index contributed by atoms with van der Waals surface area (Å²) in [5.74, 6) is 0. The van der Waals surface area contributed by atoms with E-state index in [1.54, 1.807) is 0 Å². The zero-order valence-electron chi connectivity index (χ0n) is 10.1. The molecular formula is C13H19BrN2O. The Bertz CT molecular complexity index is 347. The van der Waals surface area contributed by atoms with E-state index in [0.29, 0.717) is 0 Å². The number of rotatable bonds is 3. The summed E-state index contributed by atoms with van der Waals surface area (Å²) in [7, 11) is 0. The SMILES string of the molecule is CC(N)C(c1ccc(Br)cc1)N1CCCCO1. The third kappa shape index (κ3) is 3.28. The number of nitrogens with zero attached hydrogens (tertiary/aromatic N) is 1. The van der Waals surface area contributed by atoms with Crippen LogP contribution in [0.1, 0.15) is 31.4 Å². The monoisotopic (exact) mass is 298 g/mol. The van der Waals surface area contributed by atoms with E-state index in [1.807, 2.05) is 12.0 Å². The molecule has 17 heavy (non-hydrogen) atoms. The molecule has 2 unspecified atom stereocenters. The Hall–Kier alpha value is -0.420. The topological polar surface area (TPSA) is 38.5 Å². The van der Waals surface area contributed by atoms with Crippen molar-refractivity contribution >= 4 is 15.9 Å². The molecule has 0 bridgehead atoms. The largest absolute Gasteiger partial charge is 0.326 e. The van der Waals surface area contributed by atoms with Gasteiger partial charge in [-0.3, -0.25) is 4.84 Å². The highest BCUT2D eigenvalue weighted by Crippen LogP contribution is 2.27. The van der Waals surface area contributed by atoms with Crippen LogP contribution < -0.4 is 5.73 Å². The Morgan fingerprint density at radius 3 is 2.53 bits per heavy atom. The van der Waals surface area contributed by atoms with Crippen molar-refractivity contribution in [1.29, 1.82) is 0 Å². The Morgan fingerprint density at radius 1 is 1.29 bits per heavy atom. The highest BCUT2D eigenvalue weighted by atomic mass is 79.9. The molecule has 1 heterocycles. The van der Waals surface area contributed by atoms with Crippen LogP contribution >= 0.6 is 15.9 Å². The molecule has 0 aromatic heterocycles. The fourth-order valence-electron chi connectivity index (χ4n) is 2.23. The number of hydroxylamine groups is 2. The van der Waals surface area contributed by atoms with Crippen LogP contribution in [0.15, 0.2) is 28.7 Å². The van der Waals surface area contributed by atoms with Gasteiger partial charge in [0.25, 0.3) is 0 Å². The van der Waals surface area contributed by atoms with Gasteiger partial charge in [-0.05, 0) is 37.5 Å². The van der Waals surface area contributed by atoms with Gasteiger partial charge in [0.1, 0.15) is 0 Å². The highest BCUT2D eigenvalue weighted by molar-refractivity contribution is 9.10. The van der Waals surface area contributed by atoms with Crippen LogP contribution in [-0.4, -0.2) is 24.3 Å². The second-order valence-electron chi connectivity index (χ2n) is 4.54. The van der Waals surface area contributed by atoms with E-state index < -0.39 is 0 Å². The summed E-state index contributed by atoms with van der Waals surface area (Å²) >= 11 is 3.45. The van der Waals surface area contributed by atoms with Crippen molar-refractivity contribution in [2.45, 2.75) is 31.8 Å². The summed E-state index contributed by atoms with van der Waals surface area (Å²) in [6.07, 6.45) is 2.32. The first-order valence-electron chi connectivity index (χ1n) is 6.09. The van der Waals surface area contributed by atoms with E-state index in [1.165, 1.54) is 12.0 Å². The second-order valence-corrected chi connectivity index (χ2v) is 5.45. The number of nitrogens with two attached hydrogens (primary N) is 1. The minimum absolute atomic E-state index is 0.0503. The summed E-state index contributed by atoms with van der Waals surface area (Å²) in [5, 5.41) is 2.04. The lowest BCUT2D eigenvalue weighted by molar-refractivity contribution is -0.211. The first kappa shape index (κ1) is 13.0. The van der Waals surface area contributed by atoms with Gasteiger partial charge in [-0.1, -0.05) is 28.1 Å². The van der Waals surface area contributed by atoms with Crippen LogP contribution in [0.25, 0.3) is 0 Å². The lowest BCUT2D eigenvalue weighted by Crippen LogP contribution is -2.42. The Labute approximate surface area is 111 Å². The Morgan fingerprint density at radius 2 is 2.00 bits per heavy atom. The zero-order chi connectivity index (χ0) is 12.3. The molecule has 2 atom stereocenters. The summed E-state index contributed by atoms with van der Waals surface area (Å²) < 4.78 is 1.09. The summed E-state index contributed by atoms with van der Waals surface area (Å²) in [6, 6.07) is 8.51. The Kier molecular flexibility index (Phi) is 4.56. The smallest absolute Gasteiger partial charge is 0.0750 e. The Balaban J connectivity index is 2.18. The highest BCUT2D eigenvalue weighted by Gasteiger charge is 2.26. The molecule has 1 aromatic rings. The summed E-state index contributed by atoms with van der Waals surface area (Å²) in [5.41, 5.74) is 7.32. The quantitative estimate of drug-likeness (QED) is 0.932. The molecule has 4 heteroatoms. The van der Waals surface area contributed by atoms with E-state index in [9.17, 15) is 0 Å². The van der Waals surface area contributed by atoms with E-state index >= 15 is 0 Å². The average Bonchev–Trinajstić information content (AvgIpc) is 2.33. The maximum atomic E-state index is 6.10. The zero-order valence-corrected chi connectivity index (χ0v) is 11.7. The minimum atomic E-state index is 0.0503. The maximum Gasteiger partial charge on any atom is 0.0750 e. The number of benzene rings is 1. The molecule has 0 aliphatic carbocycles.